The summed E-state index contributed by atoms with van der Waals surface area (Å²) in [5.74, 6) is -0.962. The monoisotopic (exact) mass is 465 g/mol. The molecule has 10 heteroatoms. The molecule has 1 aromatic heterocycles. The van der Waals surface area contributed by atoms with E-state index >= 15 is 0 Å². The van der Waals surface area contributed by atoms with Gasteiger partial charge in [0.15, 0.2) is 4.80 Å². The number of thiazole rings is 1. The summed E-state index contributed by atoms with van der Waals surface area (Å²) in [5, 5.41) is 0. The molecule has 1 aliphatic carbocycles. The average molecular weight is 466 g/mol. The Bertz CT molecular complexity index is 1140. The van der Waals surface area contributed by atoms with E-state index in [1.54, 1.807) is 32.5 Å². The number of carbonyl (C=O) groups is 2. The fourth-order valence-corrected chi connectivity index (χ4v) is 5.99. The van der Waals surface area contributed by atoms with Crippen molar-refractivity contribution in [2.45, 2.75) is 50.5 Å². The van der Waals surface area contributed by atoms with Crippen molar-refractivity contribution in [3.05, 3.63) is 45.2 Å². The Hall–Kier alpha value is -2.30. The molecule has 1 aliphatic rings. The summed E-state index contributed by atoms with van der Waals surface area (Å²) in [4.78, 5) is 29.7. The maximum Gasteiger partial charge on any atom is 0.350 e. The molecule has 0 unspecified atom stereocenters. The molecule has 0 N–H and O–H groups in total. The zero-order chi connectivity index (χ0) is 22.8. The molecular formula is C21H27N3O5S2. The Labute approximate surface area is 186 Å². The normalized spacial score (nSPS) is 15.6. The molecule has 0 saturated heterocycles. The molecule has 0 spiro atoms. The van der Waals surface area contributed by atoms with Crippen molar-refractivity contribution >= 4 is 33.2 Å². The van der Waals surface area contributed by atoms with Gasteiger partial charge in [-0.3, -0.25) is 4.79 Å². The topological polar surface area (TPSA) is 98.0 Å². The number of hydrogen-bond acceptors (Lipinski definition) is 6. The number of benzene rings is 1. The van der Waals surface area contributed by atoms with Crippen molar-refractivity contribution in [3.8, 4) is 0 Å². The average Bonchev–Trinajstić information content (AvgIpc) is 3.38. The standard InChI is InChI=1S/C21H27N3O5S2/c1-5-29-20(26)18-14(2)23(3)21(30-18)22-19(25)15-10-12-17(13-11-15)31(27,28)24(4)16-8-6-7-9-16/h10-13,16H,5-9H2,1-4H3. The highest BCUT2D eigenvalue weighted by Crippen LogP contribution is 2.27. The van der Waals surface area contributed by atoms with Gasteiger partial charge in [0.25, 0.3) is 5.91 Å². The van der Waals surface area contributed by atoms with Crippen LogP contribution in [0.15, 0.2) is 34.2 Å². The number of hydrogen-bond donors (Lipinski definition) is 0. The van der Waals surface area contributed by atoms with E-state index in [1.807, 2.05) is 0 Å². The molecule has 1 saturated carbocycles. The lowest BCUT2D eigenvalue weighted by Crippen LogP contribution is -2.35. The van der Waals surface area contributed by atoms with Gasteiger partial charge in [0.2, 0.25) is 10.0 Å². The maximum atomic E-state index is 12.9. The van der Waals surface area contributed by atoms with Crippen LogP contribution in [0.25, 0.3) is 0 Å². The van der Waals surface area contributed by atoms with Crippen molar-refractivity contribution in [3.63, 3.8) is 0 Å². The van der Waals surface area contributed by atoms with Gasteiger partial charge in [-0.05, 0) is 51.0 Å². The van der Waals surface area contributed by atoms with E-state index < -0.39 is 21.9 Å². The van der Waals surface area contributed by atoms with E-state index in [4.69, 9.17) is 4.74 Å². The zero-order valence-electron chi connectivity index (χ0n) is 18.1. The lowest BCUT2D eigenvalue weighted by Gasteiger charge is -2.23. The lowest BCUT2D eigenvalue weighted by molar-refractivity contribution is 0.0530. The van der Waals surface area contributed by atoms with Crippen molar-refractivity contribution in [2.24, 2.45) is 12.0 Å². The van der Waals surface area contributed by atoms with Crippen LogP contribution in [0.2, 0.25) is 0 Å². The molecule has 0 atom stereocenters. The molecule has 168 valence electrons. The molecule has 1 amide bonds. The number of sulfonamides is 1. The third-order valence-electron chi connectivity index (χ3n) is 5.59. The minimum atomic E-state index is -3.61. The second kappa shape index (κ2) is 9.46. The Kier molecular flexibility index (Phi) is 7.13. The Morgan fingerprint density at radius 3 is 2.42 bits per heavy atom. The SMILES string of the molecule is CCOC(=O)c1sc(=NC(=O)c2ccc(S(=O)(=O)N(C)C3CCCC3)cc2)n(C)c1C. The van der Waals surface area contributed by atoms with Gasteiger partial charge >= 0.3 is 5.97 Å². The second-order valence-corrected chi connectivity index (χ2v) is 10.5. The third-order valence-corrected chi connectivity index (χ3v) is 8.73. The predicted octanol–water partition coefficient (Wildman–Crippen LogP) is 2.88. The Morgan fingerprint density at radius 1 is 1.23 bits per heavy atom. The van der Waals surface area contributed by atoms with Gasteiger partial charge in [0.1, 0.15) is 4.88 Å². The van der Waals surface area contributed by atoms with Crippen LogP contribution in [0.3, 0.4) is 0 Å². The van der Waals surface area contributed by atoms with Gasteiger partial charge in [0, 0.05) is 31.4 Å². The fourth-order valence-electron chi connectivity index (χ4n) is 3.56. The number of esters is 1. The summed E-state index contributed by atoms with van der Waals surface area (Å²) in [6.07, 6.45) is 3.82. The van der Waals surface area contributed by atoms with Crippen LogP contribution < -0.4 is 4.80 Å². The minimum absolute atomic E-state index is 0.0250. The molecule has 1 heterocycles. The maximum absolute atomic E-state index is 12.9. The first-order chi connectivity index (χ1) is 14.7. The number of carbonyl (C=O) groups excluding carboxylic acids is 2. The Balaban J connectivity index is 1.84. The van der Waals surface area contributed by atoms with Crippen molar-refractivity contribution < 1.29 is 22.7 Å². The predicted molar refractivity (Wildman–Crippen MR) is 118 cm³/mol. The number of nitrogens with zero attached hydrogens (tertiary/aromatic N) is 3. The van der Waals surface area contributed by atoms with E-state index in [9.17, 15) is 18.0 Å². The van der Waals surface area contributed by atoms with E-state index in [0.29, 0.717) is 15.4 Å². The highest BCUT2D eigenvalue weighted by Gasteiger charge is 2.30. The summed E-state index contributed by atoms with van der Waals surface area (Å²) in [6.45, 7) is 3.74. The van der Waals surface area contributed by atoms with Gasteiger partial charge < -0.3 is 9.30 Å². The molecule has 0 radical (unpaired) electrons. The van der Waals surface area contributed by atoms with Crippen LogP contribution in [0, 0.1) is 6.92 Å². The Morgan fingerprint density at radius 2 is 1.84 bits per heavy atom. The van der Waals surface area contributed by atoms with E-state index in [1.165, 1.54) is 28.6 Å². The summed E-state index contributed by atoms with van der Waals surface area (Å²) in [7, 11) is -0.281. The zero-order valence-corrected chi connectivity index (χ0v) is 19.8. The molecule has 1 aromatic carbocycles. The third kappa shape index (κ3) is 4.81. The summed E-state index contributed by atoms with van der Waals surface area (Å²) < 4.78 is 33.9. The van der Waals surface area contributed by atoms with Gasteiger partial charge in [-0.15, -0.1) is 0 Å². The van der Waals surface area contributed by atoms with E-state index in [2.05, 4.69) is 4.99 Å². The van der Waals surface area contributed by atoms with E-state index in [0.717, 1.165) is 37.0 Å². The van der Waals surface area contributed by atoms with Gasteiger partial charge in [0.05, 0.1) is 11.5 Å². The van der Waals surface area contributed by atoms with Crippen molar-refractivity contribution in [1.29, 1.82) is 0 Å². The van der Waals surface area contributed by atoms with Crippen molar-refractivity contribution in [1.82, 2.24) is 8.87 Å². The highest BCUT2D eigenvalue weighted by atomic mass is 32.2. The van der Waals surface area contributed by atoms with Crippen molar-refractivity contribution in [2.75, 3.05) is 13.7 Å². The van der Waals surface area contributed by atoms with Crippen LogP contribution in [-0.4, -0.2) is 48.9 Å². The second-order valence-electron chi connectivity index (χ2n) is 7.48. The molecule has 2 aromatic rings. The minimum Gasteiger partial charge on any atom is -0.462 e. The summed E-state index contributed by atoms with van der Waals surface area (Å²) in [5.41, 5.74) is 0.928. The summed E-state index contributed by atoms with van der Waals surface area (Å²) in [6, 6.07) is 5.83. The number of ether oxygens (including phenoxy) is 1. The molecular weight excluding hydrogens is 438 g/mol. The lowest BCUT2D eigenvalue weighted by atomic mass is 10.2. The quantitative estimate of drug-likeness (QED) is 0.611. The first-order valence-electron chi connectivity index (χ1n) is 10.2. The number of amides is 1. The van der Waals surface area contributed by atoms with Crippen LogP contribution in [0.4, 0.5) is 0 Å². The first kappa shape index (κ1) is 23.4. The number of aromatic nitrogens is 1. The molecule has 1 fully saturated rings. The molecule has 3 rings (SSSR count). The van der Waals surface area contributed by atoms with Gasteiger partial charge in [-0.25, -0.2) is 13.2 Å². The van der Waals surface area contributed by atoms with Crippen LogP contribution >= 0.6 is 11.3 Å². The summed E-state index contributed by atoms with van der Waals surface area (Å²) >= 11 is 1.08. The molecule has 8 nitrogen and oxygen atoms in total. The molecule has 0 bridgehead atoms. The molecule has 0 aliphatic heterocycles. The smallest absolute Gasteiger partial charge is 0.350 e. The largest absolute Gasteiger partial charge is 0.462 e. The van der Waals surface area contributed by atoms with Gasteiger partial charge in [-0.2, -0.15) is 9.30 Å². The fraction of sp³-hybridized carbons (Fsp3) is 0.476. The van der Waals surface area contributed by atoms with Crippen LogP contribution in [-0.2, 0) is 21.8 Å². The number of rotatable bonds is 6. The first-order valence-corrected chi connectivity index (χ1v) is 12.4. The van der Waals surface area contributed by atoms with Crippen LogP contribution in [0.1, 0.15) is 58.3 Å². The highest BCUT2D eigenvalue weighted by molar-refractivity contribution is 7.89. The van der Waals surface area contributed by atoms with E-state index in [-0.39, 0.29) is 23.1 Å². The molecule has 31 heavy (non-hydrogen) atoms. The van der Waals surface area contributed by atoms with Crippen LogP contribution in [0.5, 0.6) is 0 Å². The van der Waals surface area contributed by atoms with Gasteiger partial charge in [-0.1, -0.05) is 24.2 Å².